The van der Waals surface area contributed by atoms with Gasteiger partial charge in [0, 0.05) is 6.54 Å². The van der Waals surface area contributed by atoms with E-state index in [0.29, 0.717) is 28.5 Å². The molecule has 156 valence electrons. The summed E-state index contributed by atoms with van der Waals surface area (Å²) in [4.78, 5) is 31.3. The second kappa shape index (κ2) is 9.28. The average molecular weight is 460 g/mol. The molecule has 0 unspecified atom stereocenters. The van der Waals surface area contributed by atoms with Crippen LogP contribution in [0.1, 0.15) is 12.0 Å². The number of nitrogens with one attached hydrogen (secondary N) is 1. The molecule has 3 heterocycles. The minimum absolute atomic E-state index is 0.0841. The summed E-state index contributed by atoms with van der Waals surface area (Å²) in [5, 5.41) is 3.97. The summed E-state index contributed by atoms with van der Waals surface area (Å²) in [5.74, 6) is 1.82. The van der Waals surface area contributed by atoms with Crippen molar-refractivity contribution in [3.63, 3.8) is 0 Å². The van der Waals surface area contributed by atoms with Gasteiger partial charge in [-0.15, -0.1) is 29.7 Å². The lowest BCUT2D eigenvalue weighted by atomic mass is 10.1. The Hall–Kier alpha value is -2.23. The van der Waals surface area contributed by atoms with Gasteiger partial charge in [0.2, 0.25) is 5.91 Å². The molecule has 1 aromatic carbocycles. The van der Waals surface area contributed by atoms with Crippen molar-refractivity contribution in [2.75, 3.05) is 25.2 Å². The molecule has 2 aromatic heterocycles. The highest BCUT2D eigenvalue weighted by atomic mass is 32.2. The van der Waals surface area contributed by atoms with Crippen LogP contribution in [0.5, 0.6) is 5.75 Å². The van der Waals surface area contributed by atoms with Crippen molar-refractivity contribution in [2.45, 2.75) is 22.2 Å². The van der Waals surface area contributed by atoms with Crippen molar-refractivity contribution in [3.8, 4) is 11.4 Å². The number of amides is 1. The van der Waals surface area contributed by atoms with Crippen LogP contribution in [0.4, 0.5) is 0 Å². The smallest absolute Gasteiger partial charge is 0.267 e. The van der Waals surface area contributed by atoms with Crippen LogP contribution in [-0.2, 0) is 11.2 Å². The van der Waals surface area contributed by atoms with E-state index in [-0.39, 0.29) is 17.2 Å². The van der Waals surface area contributed by atoms with Crippen LogP contribution < -0.4 is 15.6 Å². The van der Waals surface area contributed by atoms with Crippen LogP contribution in [0.2, 0.25) is 0 Å². The molecule has 0 saturated carbocycles. The molecule has 30 heavy (non-hydrogen) atoms. The van der Waals surface area contributed by atoms with Crippen LogP contribution in [0.15, 0.2) is 51.1 Å². The van der Waals surface area contributed by atoms with Gasteiger partial charge in [0.25, 0.3) is 5.56 Å². The number of aryl methyl sites for hydroxylation is 1. The Bertz CT molecular complexity index is 1150. The average Bonchev–Trinajstić information content (AvgIpc) is 3.15. The number of rotatable bonds is 7. The highest BCUT2D eigenvalue weighted by Crippen LogP contribution is 2.41. The zero-order valence-corrected chi connectivity index (χ0v) is 18.9. The van der Waals surface area contributed by atoms with Crippen molar-refractivity contribution in [1.82, 2.24) is 14.9 Å². The predicted molar refractivity (Wildman–Crippen MR) is 125 cm³/mol. The number of thiophene rings is 1. The van der Waals surface area contributed by atoms with E-state index in [4.69, 9.17) is 9.72 Å². The maximum atomic E-state index is 13.6. The SMILES string of the molecule is C=CCNC(=O)CSc1nc2sc3c(c2c(=O)n1-c1ccc(OC)cc1)CCCS3. The molecule has 6 nitrogen and oxygen atoms in total. The van der Waals surface area contributed by atoms with Crippen LogP contribution in [0.3, 0.4) is 0 Å². The molecule has 0 radical (unpaired) electrons. The van der Waals surface area contributed by atoms with Gasteiger partial charge >= 0.3 is 0 Å². The third-order valence-electron chi connectivity index (χ3n) is 4.67. The van der Waals surface area contributed by atoms with Crippen molar-refractivity contribution >= 4 is 51.0 Å². The molecular formula is C21H21N3O3S3. The quantitative estimate of drug-likeness (QED) is 0.328. The molecule has 4 rings (SSSR count). The Kier molecular flexibility index (Phi) is 6.50. The zero-order chi connectivity index (χ0) is 21.1. The minimum atomic E-state index is -0.128. The fraction of sp³-hybridized carbons (Fsp3) is 0.286. The van der Waals surface area contributed by atoms with Gasteiger partial charge in [-0.3, -0.25) is 14.2 Å². The number of hydrogen-bond donors (Lipinski definition) is 1. The first-order chi connectivity index (χ1) is 14.6. The molecule has 1 aliphatic heterocycles. The summed E-state index contributed by atoms with van der Waals surface area (Å²) in [6.45, 7) is 4.01. The Balaban J connectivity index is 1.81. The highest BCUT2D eigenvalue weighted by molar-refractivity contribution is 8.01. The first-order valence-electron chi connectivity index (χ1n) is 9.48. The first kappa shape index (κ1) is 21.0. The zero-order valence-electron chi connectivity index (χ0n) is 16.5. The molecule has 0 aliphatic carbocycles. The highest BCUT2D eigenvalue weighted by Gasteiger charge is 2.23. The van der Waals surface area contributed by atoms with Gasteiger partial charge in [0.05, 0.1) is 28.1 Å². The maximum Gasteiger partial charge on any atom is 0.267 e. The number of nitrogens with zero attached hydrogens (tertiary/aromatic N) is 2. The van der Waals surface area contributed by atoms with E-state index in [1.807, 2.05) is 24.3 Å². The van der Waals surface area contributed by atoms with Gasteiger partial charge < -0.3 is 10.1 Å². The van der Waals surface area contributed by atoms with E-state index in [1.54, 1.807) is 40.9 Å². The van der Waals surface area contributed by atoms with Gasteiger partial charge in [0.15, 0.2) is 5.16 Å². The van der Waals surface area contributed by atoms with Gasteiger partial charge in [-0.1, -0.05) is 17.8 Å². The molecule has 0 saturated heterocycles. The standard InChI is InChI=1S/C21H21N3O3S3/c1-3-10-22-16(25)12-29-21-23-18-17(15-5-4-11-28-20(15)30-18)19(26)24(21)13-6-8-14(27-2)9-7-13/h3,6-9H,1,4-5,10-12H2,2H3,(H,22,25). The fourth-order valence-electron chi connectivity index (χ4n) is 3.25. The van der Waals surface area contributed by atoms with Crippen molar-refractivity contribution in [2.24, 2.45) is 0 Å². The molecule has 9 heteroatoms. The number of carbonyl (C=O) groups is 1. The Morgan fingerprint density at radius 1 is 1.40 bits per heavy atom. The molecule has 1 aliphatic rings. The molecule has 0 fully saturated rings. The lowest BCUT2D eigenvalue weighted by Crippen LogP contribution is -2.26. The fourth-order valence-corrected chi connectivity index (χ4v) is 6.66. The second-order valence-corrected chi connectivity index (χ2v) is 9.92. The first-order valence-corrected chi connectivity index (χ1v) is 12.3. The van der Waals surface area contributed by atoms with E-state index in [2.05, 4.69) is 11.9 Å². The summed E-state index contributed by atoms with van der Waals surface area (Å²) in [6, 6.07) is 7.30. The third-order valence-corrected chi connectivity index (χ3v) is 8.13. The summed E-state index contributed by atoms with van der Waals surface area (Å²) >= 11 is 4.63. The van der Waals surface area contributed by atoms with E-state index >= 15 is 0 Å². The maximum absolute atomic E-state index is 13.6. The number of aromatic nitrogens is 2. The molecule has 0 atom stereocenters. The summed E-state index contributed by atoms with van der Waals surface area (Å²) < 4.78 is 8.04. The van der Waals surface area contributed by atoms with E-state index in [1.165, 1.54) is 16.0 Å². The Labute approximate surface area is 186 Å². The molecular weight excluding hydrogens is 438 g/mol. The number of fused-ring (bicyclic) bond motifs is 3. The van der Waals surface area contributed by atoms with Gasteiger partial charge in [0.1, 0.15) is 10.6 Å². The number of thioether (sulfide) groups is 2. The Morgan fingerprint density at radius 3 is 2.93 bits per heavy atom. The minimum Gasteiger partial charge on any atom is -0.497 e. The van der Waals surface area contributed by atoms with Crippen LogP contribution in [-0.4, -0.2) is 40.6 Å². The van der Waals surface area contributed by atoms with Crippen LogP contribution >= 0.6 is 34.9 Å². The monoisotopic (exact) mass is 459 g/mol. The normalized spacial score (nSPS) is 13.1. The van der Waals surface area contributed by atoms with Crippen molar-refractivity contribution in [3.05, 3.63) is 52.8 Å². The summed E-state index contributed by atoms with van der Waals surface area (Å²) in [6.07, 6.45) is 3.59. The molecule has 0 spiro atoms. The largest absolute Gasteiger partial charge is 0.497 e. The number of methoxy groups -OCH3 is 1. The Morgan fingerprint density at radius 2 is 2.20 bits per heavy atom. The van der Waals surface area contributed by atoms with E-state index in [9.17, 15) is 9.59 Å². The number of benzene rings is 1. The predicted octanol–water partition coefficient (Wildman–Crippen LogP) is 3.89. The summed E-state index contributed by atoms with van der Waals surface area (Å²) in [7, 11) is 1.60. The van der Waals surface area contributed by atoms with E-state index in [0.717, 1.165) is 29.0 Å². The lowest BCUT2D eigenvalue weighted by Gasteiger charge is -2.14. The van der Waals surface area contributed by atoms with E-state index < -0.39 is 0 Å². The van der Waals surface area contributed by atoms with Crippen LogP contribution in [0, 0.1) is 0 Å². The van der Waals surface area contributed by atoms with Crippen molar-refractivity contribution in [1.29, 1.82) is 0 Å². The number of hydrogen-bond acceptors (Lipinski definition) is 7. The molecule has 0 bridgehead atoms. The van der Waals surface area contributed by atoms with Gasteiger partial charge in [-0.05, 0) is 48.4 Å². The number of carbonyl (C=O) groups excluding carboxylic acids is 1. The molecule has 3 aromatic rings. The van der Waals surface area contributed by atoms with Gasteiger partial charge in [-0.25, -0.2) is 4.98 Å². The van der Waals surface area contributed by atoms with Crippen LogP contribution in [0.25, 0.3) is 15.9 Å². The third kappa shape index (κ3) is 4.14. The second-order valence-electron chi connectivity index (χ2n) is 6.61. The number of ether oxygens (including phenoxy) is 1. The molecule has 1 N–H and O–H groups in total. The summed E-state index contributed by atoms with van der Waals surface area (Å²) in [5.41, 5.74) is 1.73. The van der Waals surface area contributed by atoms with Crippen molar-refractivity contribution < 1.29 is 9.53 Å². The topological polar surface area (TPSA) is 73.2 Å². The molecule has 1 amide bonds. The lowest BCUT2D eigenvalue weighted by molar-refractivity contribution is -0.118. The van der Waals surface area contributed by atoms with Gasteiger partial charge in [-0.2, -0.15) is 0 Å².